The van der Waals surface area contributed by atoms with Crippen LogP contribution in [0.1, 0.15) is 25.8 Å². The lowest BCUT2D eigenvalue weighted by atomic mass is 10.1. The predicted molar refractivity (Wildman–Crippen MR) is 69.5 cm³/mol. The van der Waals surface area contributed by atoms with Gasteiger partial charge in [0.25, 0.3) is 0 Å². The van der Waals surface area contributed by atoms with Crippen molar-refractivity contribution in [2.45, 2.75) is 32.9 Å². The van der Waals surface area contributed by atoms with Gasteiger partial charge in [-0.1, -0.05) is 19.1 Å². The summed E-state index contributed by atoms with van der Waals surface area (Å²) < 4.78 is 0. The number of rotatable bonds is 2. The molecule has 1 atom stereocenters. The molecular weight excluding hydrogens is 198 g/mol. The van der Waals surface area contributed by atoms with Crippen LogP contribution in [0.15, 0.2) is 18.2 Å². The van der Waals surface area contributed by atoms with E-state index in [1.54, 1.807) is 0 Å². The molecule has 0 saturated heterocycles. The van der Waals surface area contributed by atoms with Crippen LogP contribution < -0.4 is 11.1 Å². The third-order valence-electron chi connectivity index (χ3n) is 3.26. The second-order valence-corrected chi connectivity index (χ2v) is 4.58. The van der Waals surface area contributed by atoms with Crippen LogP contribution in [0.2, 0.25) is 0 Å². The summed E-state index contributed by atoms with van der Waals surface area (Å²) in [7, 11) is 0. The van der Waals surface area contributed by atoms with Crippen molar-refractivity contribution in [1.29, 1.82) is 0 Å². The highest BCUT2D eigenvalue weighted by Crippen LogP contribution is 2.27. The smallest absolute Gasteiger partial charge is 0.0620 e. The highest BCUT2D eigenvalue weighted by atomic mass is 15.2. The maximum atomic E-state index is 5.99. The molecule has 1 aliphatic rings. The van der Waals surface area contributed by atoms with Crippen molar-refractivity contribution in [2.75, 3.05) is 24.1 Å². The summed E-state index contributed by atoms with van der Waals surface area (Å²) in [5.74, 6) is 0. The Morgan fingerprint density at radius 3 is 3.06 bits per heavy atom. The monoisotopic (exact) mass is 219 g/mol. The number of hydrogen-bond donors (Lipinski definition) is 2. The standard InChI is InChI=1S/C13H21N3/c1-3-7-16-9-11-5-4-6-12(14)13(11)15-8-10(16)2/h4-6,10,15H,3,7-9,14H2,1-2H3. The molecule has 0 fully saturated rings. The molecule has 0 radical (unpaired) electrons. The number of para-hydroxylation sites is 1. The molecule has 2 rings (SSSR count). The Bertz CT molecular complexity index is 362. The SMILES string of the molecule is CCCN1Cc2cccc(N)c2NCC1C. The molecule has 3 heteroatoms. The first-order valence-corrected chi connectivity index (χ1v) is 6.07. The van der Waals surface area contributed by atoms with Gasteiger partial charge < -0.3 is 11.1 Å². The second-order valence-electron chi connectivity index (χ2n) is 4.58. The van der Waals surface area contributed by atoms with Gasteiger partial charge in [-0.3, -0.25) is 4.90 Å². The Morgan fingerprint density at radius 1 is 1.50 bits per heavy atom. The molecule has 3 N–H and O–H groups in total. The van der Waals surface area contributed by atoms with Gasteiger partial charge in [-0.2, -0.15) is 0 Å². The third-order valence-corrected chi connectivity index (χ3v) is 3.26. The van der Waals surface area contributed by atoms with Gasteiger partial charge in [-0.15, -0.1) is 0 Å². The summed E-state index contributed by atoms with van der Waals surface area (Å²) >= 11 is 0. The van der Waals surface area contributed by atoms with Crippen molar-refractivity contribution in [2.24, 2.45) is 0 Å². The van der Waals surface area contributed by atoms with Crippen molar-refractivity contribution < 1.29 is 0 Å². The summed E-state index contributed by atoms with van der Waals surface area (Å²) in [4.78, 5) is 2.51. The Morgan fingerprint density at radius 2 is 2.31 bits per heavy atom. The Kier molecular flexibility index (Phi) is 3.34. The zero-order valence-electron chi connectivity index (χ0n) is 10.2. The van der Waals surface area contributed by atoms with Crippen molar-refractivity contribution in [3.63, 3.8) is 0 Å². The van der Waals surface area contributed by atoms with Gasteiger partial charge in [0.05, 0.1) is 11.4 Å². The van der Waals surface area contributed by atoms with Crippen LogP contribution in [0.3, 0.4) is 0 Å². The number of benzene rings is 1. The molecule has 0 aromatic heterocycles. The fourth-order valence-corrected chi connectivity index (χ4v) is 2.31. The lowest BCUT2D eigenvalue weighted by Gasteiger charge is -2.25. The predicted octanol–water partition coefficient (Wildman–Crippen LogP) is 2.29. The Hall–Kier alpha value is -1.22. The van der Waals surface area contributed by atoms with Crippen LogP contribution in [-0.2, 0) is 6.54 Å². The van der Waals surface area contributed by atoms with Crippen molar-refractivity contribution in [3.05, 3.63) is 23.8 Å². The van der Waals surface area contributed by atoms with Crippen molar-refractivity contribution in [1.82, 2.24) is 4.90 Å². The highest BCUT2D eigenvalue weighted by Gasteiger charge is 2.20. The molecule has 1 aromatic rings. The van der Waals surface area contributed by atoms with E-state index >= 15 is 0 Å². The van der Waals surface area contributed by atoms with E-state index in [1.165, 1.54) is 12.0 Å². The van der Waals surface area contributed by atoms with Crippen LogP contribution in [-0.4, -0.2) is 24.0 Å². The molecule has 0 aliphatic carbocycles. The molecule has 16 heavy (non-hydrogen) atoms. The van der Waals surface area contributed by atoms with Gasteiger partial charge in [-0.05, 0) is 31.5 Å². The number of fused-ring (bicyclic) bond motifs is 1. The molecule has 1 unspecified atom stereocenters. The molecule has 0 amide bonds. The summed E-state index contributed by atoms with van der Waals surface area (Å²) in [5.41, 5.74) is 9.31. The number of anilines is 2. The van der Waals surface area contributed by atoms with E-state index in [4.69, 9.17) is 5.73 Å². The zero-order valence-corrected chi connectivity index (χ0v) is 10.2. The van der Waals surface area contributed by atoms with E-state index in [0.717, 1.165) is 31.0 Å². The van der Waals surface area contributed by atoms with Crippen LogP contribution in [0, 0.1) is 0 Å². The fourth-order valence-electron chi connectivity index (χ4n) is 2.31. The van der Waals surface area contributed by atoms with Crippen molar-refractivity contribution >= 4 is 11.4 Å². The number of nitrogens with zero attached hydrogens (tertiary/aromatic N) is 1. The minimum absolute atomic E-state index is 0.562. The first kappa shape index (κ1) is 11.3. The van der Waals surface area contributed by atoms with Gasteiger partial charge in [0.15, 0.2) is 0 Å². The second kappa shape index (κ2) is 4.74. The van der Waals surface area contributed by atoms with Crippen LogP contribution in [0.25, 0.3) is 0 Å². The van der Waals surface area contributed by atoms with Crippen LogP contribution in [0.5, 0.6) is 0 Å². The van der Waals surface area contributed by atoms with E-state index < -0.39 is 0 Å². The normalized spacial score (nSPS) is 21.0. The number of nitrogens with two attached hydrogens (primary N) is 1. The summed E-state index contributed by atoms with van der Waals surface area (Å²) in [6.45, 7) is 7.62. The quantitative estimate of drug-likeness (QED) is 0.750. The van der Waals surface area contributed by atoms with Gasteiger partial charge in [0, 0.05) is 19.1 Å². The number of hydrogen-bond acceptors (Lipinski definition) is 3. The first-order valence-electron chi connectivity index (χ1n) is 6.07. The average Bonchev–Trinajstić information content (AvgIpc) is 2.41. The largest absolute Gasteiger partial charge is 0.397 e. The third kappa shape index (κ3) is 2.14. The van der Waals surface area contributed by atoms with Crippen molar-refractivity contribution in [3.8, 4) is 0 Å². The number of nitrogens with one attached hydrogen (secondary N) is 1. The summed E-state index contributed by atoms with van der Waals surface area (Å²) in [6, 6.07) is 6.73. The van der Waals surface area contributed by atoms with E-state index in [1.807, 2.05) is 12.1 Å². The van der Waals surface area contributed by atoms with E-state index in [0.29, 0.717) is 6.04 Å². The zero-order chi connectivity index (χ0) is 11.5. The summed E-state index contributed by atoms with van der Waals surface area (Å²) in [6.07, 6.45) is 1.20. The highest BCUT2D eigenvalue weighted by molar-refractivity contribution is 5.70. The minimum Gasteiger partial charge on any atom is -0.397 e. The molecule has 0 bridgehead atoms. The molecular formula is C13H21N3. The number of nitrogen functional groups attached to an aromatic ring is 1. The van der Waals surface area contributed by atoms with E-state index in [2.05, 4.69) is 30.1 Å². The molecule has 0 spiro atoms. The molecule has 1 heterocycles. The first-order chi connectivity index (χ1) is 7.72. The topological polar surface area (TPSA) is 41.3 Å². The maximum Gasteiger partial charge on any atom is 0.0620 e. The lowest BCUT2D eigenvalue weighted by molar-refractivity contribution is 0.212. The van der Waals surface area contributed by atoms with E-state index in [-0.39, 0.29) is 0 Å². The maximum absolute atomic E-state index is 5.99. The molecule has 1 aliphatic heterocycles. The molecule has 1 aromatic carbocycles. The average molecular weight is 219 g/mol. The van der Waals surface area contributed by atoms with Crippen LogP contribution >= 0.6 is 0 Å². The molecule has 0 saturated carbocycles. The summed E-state index contributed by atoms with van der Waals surface area (Å²) in [5, 5.41) is 3.46. The van der Waals surface area contributed by atoms with Gasteiger partial charge >= 0.3 is 0 Å². The Labute approximate surface area is 97.6 Å². The Balaban J connectivity index is 2.27. The molecule has 88 valence electrons. The molecule has 3 nitrogen and oxygen atoms in total. The van der Waals surface area contributed by atoms with E-state index in [9.17, 15) is 0 Å². The van der Waals surface area contributed by atoms with Gasteiger partial charge in [-0.25, -0.2) is 0 Å². The van der Waals surface area contributed by atoms with Crippen LogP contribution in [0.4, 0.5) is 11.4 Å². The van der Waals surface area contributed by atoms with Gasteiger partial charge in [0.1, 0.15) is 0 Å². The van der Waals surface area contributed by atoms with Gasteiger partial charge in [0.2, 0.25) is 0 Å². The lowest BCUT2D eigenvalue weighted by Crippen LogP contribution is -2.35. The fraction of sp³-hybridized carbons (Fsp3) is 0.538. The minimum atomic E-state index is 0.562.